The van der Waals surface area contributed by atoms with E-state index in [0.717, 1.165) is 12.8 Å². The van der Waals surface area contributed by atoms with Crippen molar-refractivity contribution in [3.8, 4) is 0 Å². The number of carbonyl (C=O) groups excluding carboxylic acids is 1. The van der Waals surface area contributed by atoms with Crippen LogP contribution in [-0.4, -0.2) is 21.9 Å². The Balaban J connectivity index is 2.54. The van der Waals surface area contributed by atoms with Gasteiger partial charge in [0, 0.05) is 11.7 Å². The zero-order valence-electron chi connectivity index (χ0n) is 11.2. The molecule has 0 spiro atoms. The van der Waals surface area contributed by atoms with E-state index in [1.807, 2.05) is 6.92 Å². The number of aromatic nitrogens is 2. The number of aryl methyl sites for hydroxylation is 1. The van der Waals surface area contributed by atoms with Crippen LogP contribution < -0.4 is 5.32 Å². The highest BCUT2D eigenvalue weighted by molar-refractivity contribution is 6.28. The highest BCUT2D eigenvalue weighted by Crippen LogP contribution is 2.07. The molecule has 0 saturated carbocycles. The Labute approximate surface area is 113 Å². The van der Waals surface area contributed by atoms with E-state index in [1.165, 1.54) is 12.8 Å². The lowest BCUT2D eigenvalue weighted by Gasteiger charge is -2.13. The molecule has 18 heavy (non-hydrogen) atoms. The van der Waals surface area contributed by atoms with Crippen molar-refractivity contribution >= 4 is 17.5 Å². The maximum atomic E-state index is 11.9. The van der Waals surface area contributed by atoms with Gasteiger partial charge in [-0.05, 0) is 37.9 Å². The lowest BCUT2D eigenvalue weighted by Crippen LogP contribution is -2.33. The zero-order chi connectivity index (χ0) is 13.5. The summed E-state index contributed by atoms with van der Waals surface area (Å²) in [4.78, 5) is 19.8. The number of nitrogens with zero attached hydrogens (tertiary/aromatic N) is 2. The Bertz CT molecular complexity index is 389. The Hall–Kier alpha value is -1.16. The molecule has 5 heteroatoms. The van der Waals surface area contributed by atoms with Gasteiger partial charge in [-0.3, -0.25) is 4.79 Å². The van der Waals surface area contributed by atoms with Gasteiger partial charge in [-0.25, -0.2) is 9.97 Å². The van der Waals surface area contributed by atoms with Crippen molar-refractivity contribution in [2.75, 3.05) is 0 Å². The molecule has 4 nitrogen and oxygen atoms in total. The summed E-state index contributed by atoms with van der Waals surface area (Å²) in [6.07, 6.45) is 4.49. The maximum Gasteiger partial charge on any atom is 0.270 e. The molecule has 1 heterocycles. The molecule has 100 valence electrons. The predicted octanol–water partition coefficient (Wildman–Crippen LogP) is 3.14. The first-order chi connectivity index (χ1) is 8.52. The molecule has 1 amide bonds. The highest BCUT2D eigenvalue weighted by Gasteiger charge is 2.12. The second-order valence-corrected chi connectivity index (χ2v) is 4.87. The topological polar surface area (TPSA) is 54.9 Å². The summed E-state index contributed by atoms with van der Waals surface area (Å²) in [5.74, 6) is -0.189. The van der Waals surface area contributed by atoms with Crippen LogP contribution in [0.4, 0.5) is 0 Å². The lowest BCUT2D eigenvalue weighted by atomic mass is 10.1. The number of amides is 1. The van der Waals surface area contributed by atoms with Gasteiger partial charge in [-0.15, -0.1) is 0 Å². The average Bonchev–Trinajstić information content (AvgIpc) is 2.28. The lowest BCUT2D eigenvalue weighted by molar-refractivity contribution is 0.0932. The fraction of sp³-hybridized carbons (Fsp3) is 0.615. The van der Waals surface area contributed by atoms with Gasteiger partial charge in [0.2, 0.25) is 5.28 Å². The Morgan fingerprint density at radius 3 is 2.78 bits per heavy atom. The van der Waals surface area contributed by atoms with Crippen molar-refractivity contribution < 1.29 is 4.79 Å². The fourth-order valence-corrected chi connectivity index (χ4v) is 1.94. The van der Waals surface area contributed by atoms with Gasteiger partial charge < -0.3 is 5.32 Å². The fourth-order valence-electron chi connectivity index (χ4n) is 1.72. The molecule has 0 aliphatic heterocycles. The van der Waals surface area contributed by atoms with Gasteiger partial charge >= 0.3 is 0 Å². The second kappa shape index (κ2) is 7.31. The molecular formula is C13H20ClN3O. The van der Waals surface area contributed by atoms with E-state index in [9.17, 15) is 4.79 Å². The number of nitrogens with one attached hydrogen (secondary N) is 1. The zero-order valence-corrected chi connectivity index (χ0v) is 11.9. The summed E-state index contributed by atoms with van der Waals surface area (Å²) < 4.78 is 0. The van der Waals surface area contributed by atoms with Crippen molar-refractivity contribution in [1.29, 1.82) is 0 Å². The standard InChI is InChI=1S/C13H20ClN3O/c1-4-5-6-7-9(2)15-12(18)11-8-10(3)16-13(14)17-11/h8-9H,4-7H2,1-3H3,(H,15,18). The molecule has 0 aliphatic rings. The summed E-state index contributed by atoms with van der Waals surface area (Å²) in [7, 11) is 0. The van der Waals surface area contributed by atoms with Crippen LogP contribution in [0.1, 0.15) is 55.7 Å². The Morgan fingerprint density at radius 2 is 2.17 bits per heavy atom. The molecule has 1 atom stereocenters. The maximum absolute atomic E-state index is 11.9. The van der Waals surface area contributed by atoms with Crippen LogP contribution in [-0.2, 0) is 0 Å². The Morgan fingerprint density at radius 1 is 1.44 bits per heavy atom. The molecule has 0 saturated heterocycles. The minimum absolute atomic E-state index is 0.110. The van der Waals surface area contributed by atoms with Crippen LogP contribution in [0.15, 0.2) is 6.07 Å². The van der Waals surface area contributed by atoms with Crippen molar-refractivity contribution in [3.05, 3.63) is 22.7 Å². The largest absolute Gasteiger partial charge is 0.348 e. The third kappa shape index (κ3) is 5.00. The van der Waals surface area contributed by atoms with Gasteiger partial charge in [0.25, 0.3) is 5.91 Å². The van der Waals surface area contributed by atoms with Crippen molar-refractivity contribution in [3.63, 3.8) is 0 Å². The second-order valence-electron chi connectivity index (χ2n) is 4.53. The minimum atomic E-state index is -0.189. The van der Waals surface area contributed by atoms with E-state index in [-0.39, 0.29) is 17.2 Å². The number of carbonyl (C=O) groups is 1. The van der Waals surface area contributed by atoms with Crippen LogP contribution in [0.2, 0.25) is 5.28 Å². The van der Waals surface area contributed by atoms with E-state index in [2.05, 4.69) is 22.2 Å². The number of unbranched alkanes of at least 4 members (excludes halogenated alkanes) is 2. The molecule has 0 aromatic carbocycles. The Kier molecular flexibility index (Phi) is 6.05. The molecule has 0 bridgehead atoms. The number of halogens is 1. The molecule has 0 aliphatic carbocycles. The predicted molar refractivity (Wildman–Crippen MR) is 72.8 cm³/mol. The van der Waals surface area contributed by atoms with Crippen LogP contribution in [0.25, 0.3) is 0 Å². The summed E-state index contributed by atoms with van der Waals surface area (Å²) in [6.45, 7) is 5.95. The molecular weight excluding hydrogens is 250 g/mol. The first-order valence-corrected chi connectivity index (χ1v) is 6.72. The van der Waals surface area contributed by atoms with E-state index in [1.54, 1.807) is 13.0 Å². The summed E-state index contributed by atoms with van der Waals surface area (Å²) >= 11 is 5.73. The summed E-state index contributed by atoms with van der Waals surface area (Å²) in [6, 6.07) is 1.79. The van der Waals surface area contributed by atoms with E-state index in [0.29, 0.717) is 11.4 Å². The van der Waals surface area contributed by atoms with Gasteiger partial charge in [-0.2, -0.15) is 0 Å². The average molecular weight is 270 g/mol. The monoisotopic (exact) mass is 269 g/mol. The third-order valence-electron chi connectivity index (χ3n) is 2.68. The highest BCUT2D eigenvalue weighted by atomic mass is 35.5. The normalized spacial score (nSPS) is 12.2. The van der Waals surface area contributed by atoms with E-state index < -0.39 is 0 Å². The number of hydrogen-bond acceptors (Lipinski definition) is 3. The van der Waals surface area contributed by atoms with E-state index in [4.69, 9.17) is 11.6 Å². The first-order valence-electron chi connectivity index (χ1n) is 6.35. The smallest absolute Gasteiger partial charge is 0.270 e. The number of rotatable bonds is 6. The van der Waals surface area contributed by atoms with E-state index >= 15 is 0 Å². The van der Waals surface area contributed by atoms with Gasteiger partial charge in [-0.1, -0.05) is 26.2 Å². The minimum Gasteiger partial charge on any atom is -0.348 e. The van der Waals surface area contributed by atoms with Gasteiger partial charge in [0.05, 0.1) is 0 Å². The van der Waals surface area contributed by atoms with Crippen molar-refractivity contribution in [1.82, 2.24) is 15.3 Å². The van der Waals surface area contributed by atoms with Crippen molar-refractivity contribution in [2.45, 2.75) is 52.5 Å². The molecule has 0 fully saturated rings. The SMILES string of the molecule is CCCCCC(C)NC(=O)c1cc(C)nc(Cl)n1. The van der Waals surface area contributed by atoms with Crippen LogP contribution in [0, 0.1) is 6.92 Å². The molecule has 1 aromatic heterocycles. The van der Waals surface area contributed by atoms with Gasteiger partial charge in [0.15, 0.2) is 0 Å². The molecule has 0 radical (unpaired) electrons. The number of hydrogen-bond donors (Lipinski definition) is 1. The molecule has 1 unspecified atom stereocenters. The quantitative estimate of drug-likeness (QED) is 0.638. The van der Waals surface area contributed by atoms with Crippen LogP contribution >= 0.6 is 11.6 Å². The van der Waals surface area contributed by atoms with Crippen molar-refractivity contribution in [2.24, 2.45) is 0 Å². The summed E-state index contributed by atoms with van der Waals surface area (Å²) in [5, 5.41) is 3.03. The summed E-state index contributed by atoms with van der Waals surface area (Å²) in [5.41, 5.74) is 1.02. The molecule has 1 aromatic rings. The first kappa shape index (κ1) is 14.9. The molecule has 1 rings (SSSR count). The van der Waals surface area contributed by atoms with Crippen LogP contribution in [0.5, 0.6) is 0 Å². The van der Waals surface area contributed by atoms with Crippen LogP contribution in [0.3, 0.4) is 0 Å². The third-order valence-corrected chi connectivity index (χ3v) is 2.85. The molecule has 1 N–H and O–H groups in total. The van der Waals surface area contributed by atoms with Gasteiger partial charge in [0.1, 0.15) is 5.69 Å².